The number of aliphatic carboxylic acids is 2. The molecule has 9 aromatic rings. The average molecular weight is 2070 g/mol. The molecule has 0 spiro atoms. The molecule has 0 saturated heterocycles. The highest BCUT2D eigenvalue weighted by molar-refractivity contribution is 5.89. The van der Waals surface area contributed by atoms with Gasteiger partial charge in [-0.1, -0.05) is 286 Å². The van der Waals surface area contributed by atoms with Gasteiger partial charge in [0, 0.05) is 51.1 Å². The molecule has 9 aromatic carbocycles. The molecule has 806 valence electrons. The van der Waals surface area contributed by atoms with Crippen LogP contribution in [0, 0.1) is 11.8 Å². The van der Waals surface area contributed by atoms with Crippen LogP contribution < -0.4 is 53.6 Å². The molecule has 0 aliphatic carbocycles. The number of nitrogens with one attached hydrogen (secondary N) is 9. The summed E-state index contributed by atoms with van der Waals surface area (Å²) >= 11 is 0. The van der Waals surface area contributed by atoms with E-state index in [1.165, 1.54) is 14.2 Å². The third kappa shape index (κ3) is 58.1. The summed E-state index contributed by atoms with van der Waals surface area (Å²) in [7, 11) is 2.55. The Kier molecular flexibility index (Phi) is 62.1. The number of carboxylic acids is 2. The summed E-state index contributed by atoms with van der Waals surface area (Å²) in [6.07, 6.45) is 3.75. The number of alkyl carbamates (subject to hydrolysis) is 7. The Bertz CT molecular complexity index is 5390. The van der Waals surface area contributed by atoms with Crippen LogP contribution >= 0.6 is 0 Å². The van der Waals surface area contributed by atoms with E-state index in [1.54, 1.807) is 12.1 Å². The quantitative estimate of drug-likeness (QED) is 0.00957. The highest BCUT2D eigenvalue weighted by atomic mass is 16.6. The molecule has 13 N–H and O–H groups in total. The molecule has 0 fully saturated rings. The fourth-order valence-electron chi connectivity index (χ4n) is 14.0. The minimum absolute atomic E-state index is 0.0502. The minimum Gasteiger partial charge on any atom is -0.480 e. The van der Waals surface area contributed by atoms with Gasteiger partial charge in [-0.3, -0.25) is 24.0 Å². The van der Waals surface area contributed by atoms with E-state index in [0.29, 0.717) is 110 Å². The van der Waals surface area contributed by atoms with Crippen molar-refractivity contribution in [1.29, 1.82) is 0 Å². The van der Waals surface area contributed by atoms with E-state index >= 15 is 0 Å². The fraction of sp³-hybridized carbons (Fsp3) is 0.384. The first-order valence-electron chi connectivity index (χ1n) is 49.8. The zero-order chi connectivity index (χ0) is 108. The number of carbonyl (C=O) groups is 15. The van der Waals surface area contributed by atoms with Crippen molar-refractivity contribution in [1.82, 2.24) is 47.9 Å². The summed E-state index contributed by atoms with van der Waals surface area (Å²) in [5.74, 6) is -7.15. The first kappa shape index (κ1) is 122. The molecule has 0 radical (unpaired) electrons. The third-order valence-electron chi connectivity index (χ3n) is 22.3. The van der Waals surface area contributed by atoms with Crippen LogP contribution in [0.5, 0.6) is 0 Å². The van der Waals surface area contributed by atoms with E-state index in [-0.39, 0.29) is 105 Å². The van der Waals surface area contributed by atoms with Crippen molar-refractivity contribution in [2.75, 3.05) is 53.5 Å². The fourth-order valence-corrected chi connectivity index (χ4v) is 14.0. The lowest BCUT2D eigenvalue weighted by Crippen LogP contribution is -2.44. The standard InChI is InChI=1S/C38H47N3O9.C37H45N3O9.C22H26N2O6.C15H22N2O4/c1-47-36(44)33(22-12-14-24-40-38(46)50-28-31-19-9-4-10-20-31)41-35(43)32(25-34(42)48-26-29-15-5-2-6-16-29)21-11-13-23-39-37(45)49-27-30-17-7-3-8-18-30;41-33(47-25-28-14-4-1-5-15-28)24-31(20-10-12-22-38-36(45)48-26-29-16-6-2-7-17-29)34(42)40-32(35(43)44)21-11-13-23-39-37(46)49-27-30-18-8-3-9-19-30;25-20(26)19(24-22(28)30-16-18-11-5-2-6-12-18)13-7-8-14-23-21(27)29-15-17-9-3-1-4-10-17;1-20-14(18)13(16)9-5-6-10-17-15(19)21-11-12-7-3-2-4-8-12/h2-10,15-20,32-33H,11-14,21-28H2,1H3,(H,39,45)(H,40,46)(H,41,43);1-9,14-19,31-32H,10-13,20-27H2,(H,38,45)(H,39,46)(H,40,42)(H,43,44);1-6,9-12,19H,7-8,13-16H2,(H,23,27)(H,24,28)(H,25,26);2-4,7-8,13H,5-6,9-11,16H2,1H3,(H,17,19)/t32-,33+;31-,32+;19-;13-/m1100/s1. The smallest absolute Gasteiger partial charge is 0.408 e. The van der Waals surface area contributed by atoms with Gasteiger partial charge in [-0.15, -0.1) is 0 Å². The number of hydrogen-bond donors (Lipinski definition) is 12. The van der Waals surface area contributed by atoms with Gasteiger partial charge in [-0.2, -0.15) is 0 Å². The van der Waals surface area contributed by atoms with Gasteiger partial charge in [-0.25, -0.2) is 47.9 Å². The lowest BCUT2D eigenvalue weighted by Gasteiger charge is -2.21. The molecule has 9 amide bonds. The number of rotatable bonds is 61. The van der Waals surface area contributed by atoms with Crippen LogP contribution in [0.4, 0.5) is 33.6 Å². The van der Waals surface area contributed by atoms with Crippen LogP contribution in [0.25, 0.3) is 0 Å². The lowest BCUT2D eigenvalue weighted by atomic mass is 9.96. The first-order chi connectivity index (χ1) is 72.8. The number of benzene rings is 9. The molecule has 0 aliphatic heterocycles. The number of unbranched alkanes of at least 4 members (excludes halogenated alkanes) is 6. The zero-order valence-electron chi connectivity index (χ0n) is 84.8. The maximum Gasteiger partial charge on any atom is 0.408 e. The number of esters is 4. The Morgan fingerprint density at radius 2 is 0.427 bits per heavy atom. The second-order valence-electron chi connectivity index (χ2n) is 34.2. The highest BCUT2D eigenvalue weighted by Crippen LogP contribution is 2.21. The third-order valence-corrected chi connectivity index (χ3v) is 22.3. The van der Waals surface area contributed by atoms with Gasteiger partial charge in [0.25, 0.3) is 0 Å². The summed E-state index contributed by atoms with van der Waals surface area (Å²) in [5.41, 5.74) is 13.3. The van der Waals surface area contributed by atoms with E-state index in [9.17, 15) is 82.1 Å². The normalized spacial score (nSPS) is 11.6. The molecule has 0 bridgehead atoms. The summed E-state index contributed by atoms with van der Waals surface area (Å²) in [4.78, 5) is 182. The minimum atomic E-state index is -1.20. The molecule has 0 aliphatic rings. The Hall–Kier alpha value is -16.4. The number of hydrogen-bond acceptors (Lipinski definition) is 27. The molecule has 9 rings (SSSR count). The summed E-state index contributed by atoms with van der Waals surface area (Å²) in [6.45, 7) is 3.25. The number of ether oxygens (including phenoxy) is 11. The molecular formula is C112H140N10O28. The van der Waals surface area contributed by atoms with Crippen molar-refractivity contribution < 1.29 is 134 Å². The largest absolute Gasteiger partial charge is 0.480 e. The second kappa shape index (κ2) is 76.2. The zero-order valence-corrected chi connectivity index (χ0v) is 84.8. The monoisotopic (exact) mass is 2070 g/mol. The van der Waals surface area contributed by atoms with E-state index in [2.05, 4.69) is 52.6 Å². The van der Waals surface area contributed by atoms with Gasteiger partial charge in [0.15, 0.2) is 0 Å². The molecular weight excluding hydrogens is 1930 g/mol. The van der Waals surface area contributed by atoms with Crippen molar-refractivity contribution in [2.45, 2.75) is 212 Å². The van der Waals surface area contributed by atoms with Gasteiger partial charge in [-0.05, 0) is 153 Å². The predicted molar refractivity (Wildman–Crippen MR) is 554 cm³/mol. The van der Waals surface area contributed by atoms with Crippen molar-refractivity contribution >= 4 is 90.3 Å². The van der Waals surface area contributed by atoms with E-state index in [1.807, 2.05) is 261 Å². The number of amides is 9. The van der Waals surface area contributed by atoms with Crippen LogP contribution in [0.2, 0.25) is 0 Å². The Labute approximate surface area is 874 Å². The van der Waals surface area contributed by atoms with E-state index in [0.717, 1.165) is 62.9 Å². The number of nitrogens with two attached hydrogens (primary N) is 1. The summed E-state index contributed by atoms with van der Waals surface area (Å²) < 4.78 is 56.3. The van der Waals surface area contributed by atoms with Gasteiger partial charge in [0.05, 0.1) is 27.1 Å². The van der Waals surface area contributed by atoms with Crippen LogP contribution in [0.15, 0.2) is 273 Å². The van der Waals surface area contributed by atoms with Crippen molar-refractivity contribution in [3.63, 3.8) is 0 Å². The highest BCUT2D eigenvalue weighted by Gasteiger charge is 2.31. The average Bonchev–Trinajstić information content (AvgIpc) is 0.884. The van der Waals surface area contributed by atoms with Crippen molar-refractivity contribution in [2.24, 2.45) is 17.6 Å². The van der Waals surface area contributed by atoms with Gasteiger partial charge in [0.2, 0.25) is 11.8 Å². The maximum absolute atomic E-state index is 13.5. The van der Waals surface area contributed by atoms with Crippen LogP contribution in [0.1, 0.15) is 178 Å². The van der Waals surface area contributed by atoms with Gasteiger partial charge in [0.1, 0.15) is 83.6 Å². The summed E-state index contributed by atoms with van der Waals surface area (Å²) in [6, 6.07) is 79.6. The van der Waals surface area contributed by atoms with E-state index < -0.39 is 126 Å². The predicted octanol–water partition coefficient (Wildman–Crippen LogP) is 16.1. The Morgan fingerprint density at radius 1 is 0.233 bits per heavy atom. The lowest BCUT2D eigenvalue weighted by molar-refractivity contribution is -0.149. The van der Waals surface area contributed by atoms with Gasteiger partial charge >= 0.3 is 78.5 Å². The van der Waals surface area contributed by atoms with E-state index in [4.69, 9.17) is 53.1 Å². The molecule has 6 atom stereocenters. The van der Waals surface area contributed by atoms with Crippen LogP contribution in [-0.4, -0.2) is 178 Å². The number of carboxylic acid groups (broad SMARTS) is 2. The maximum atomic E-state index is 13.5. The van der Waals surface area contributed by atoms with Crippen LogP contribution in [-0.2, 0) is 150 Å². The molecule has 38 heteroatoms. The van der Waals surface area contributed by atoms with Crippen molar-refractivity contribution in [3.05, 3.63) is 323 Å². The molecule has 0 aromatic heterocycles. The Morgan fingerprint density at radius 3 is 0.653 bits per heavy atom. The number of methoxy groups -OCH3 is 2. The van der Waals surface area contributed by atoms with Gasteiger partial charge < -0.3 is 116 Å². The molecule has 0 heterocycles. The van der Waals surface area contributed by atoms with Crippen LogP contribution in [0.3, 0.4) is 0 Å². The summed E-state index contributed by atoms with van der Waals surface area (Å²) in [5, 5.41) is 42.7. The molecule has 0 unspecified atom stereocenters. The molecule has 0 saturated carbocycles. The molecule has 38 nitrogen and oxygen atoms in total. The SMILES string of the molecule is COC(=O)[C@@H](N)CCCCNC(=O)OCc1ccccc1.COC(=O)[C@H](CCCCNC(=O)OCc1ccccc1)NC(=O)[C@H](CCCCNC(=O)OCc1ccccc1)CC(=O)OCc1ccccc1.O=C(C[C@@H](CCCCNC(=O)OCc1ccccc1)C(=O)N[C@@H](CCCCNC(=O)OCc1ccccc1)C(=O)O)OCc1ccccc1.O=C(NCCCC[C@H](NC(=O)OCc1ccccc1)C(=O)O)OCc1ccccc1. The van der Waals surface area contributed by atoms with Crippen molar-refractivity contribution in [3.8, 4) is 0 Å². The number of carbonyl (C=O) groups excluding carboxylic acids is 13. The molecule has 150 heavy (non-hydrogen) atoms. The Balaban J connectivity index is 0.000000320. The second-order valence-corrected chi connectivity index (χ2v) is 34.2. The topological polar surface area (TPSA) is 532 Å². The first-order valence-corrected chi connectivity index (χ1v) is 49.8.